The first-order chi connectivity index (χ1) is 10.5. The first-order valence-electron chi connectivity index (χ1n) is 7.50. The molecular weight excluding hydrogens is 300 g/mol. The van der Waals surface area contributed by atoms with E-state index in [4.69, 9.17) is 0 Å². The highest BCUT2D eigenvalue weighted by atomic mass is 32.2. The normalized spacial score (nSPS) is 15.0. The maximum absolute atomic E-state index is 13.0. The lowest BCUT2D eigenvalue weighted by atomic mass is 10.3. The molecule has 2 aromatic heterocycles. The molecule has 1 fully saturated rings. The number of hydrogen-bond acceptors (Lipinski definition) is 4. The van der Waals surface area contributed by atoms with Crippen LogP contribution in [-0.2, 0) is 17.1 Å². The van der Waals surface area contributed by atoms with Gasteiger partial charge in [0.2, 0.25) is 0 Å². The standard InChI is InChI=1S/C15H20N4O2S/c1-3-9-19(13-5-4-8-16-11-13)22(20,21)15-10-14(12-6-7-12)17-18(15)2/h4-5,8,10-12H,3,6-7,9H2,1-2H3. The Bertz CT molecular complexity index is 751. The predicted molar refractivity (Wildman–Crippen MR) is 84.2 cm³/mol. The molecule has 0 N–H and O–H groups in total. The molecule has 0 aliphatic heterocycles. The summed E-state index contributed by atoms with van der Waals surface area (Å²) in [7, 11) is -1.95. The van der Waals surface area contributed by atoms with Gasteiger partial charge in [-0.2, -0.15) is 13.5 Å². The van der Waals surface area contributed by atoms with E-state index in [1.807, 2.05) is 6.92 Å². The van der Waals surface area contributed by atoms with Gasteiger partial charge in [-0.25, -0.2) is 0 Å². The van der Waals surface area contributed by atoms with Gasteiger partial charge in [0, 0.05) is 31.8 Å². The van der Waals surface area contributed by atoms with Crippen LogP contribution in [0, 0.1) is 0 Å². The molecule has 0 saturated heterocycles. The molecule has 22 heavy (non-hydrogen) atoms. The highest BCUT2D eigenvalue weighted by Gasteiger charge is 2.32. The van der Waals surface area contributed by atoms with Gasteiger partial charge in [0.05, 0.1) is 17.6 Å². The average molecular weight is 320 g/mol. The third-order valence-electron chi connectivity index (χ3n) is 3.77. The van der Waals surface area contributed by atoms with Crippen LogP contribution in [0.1, 0.15) is 37.8 Å². The van der Waals surface area contributed by atoms with E-state index < -0.39 is 10.0 Å². The number of sulfonamides is 1. The van der Waals surface area contributed by atoms with Crippen LogP contribution in [0.15, 0.2) is 35.6 Å². The Kier molecular flexibility index (Phi) is 3.90. The number of aryl methyl sites for hydroxylation is 1. The van der Waals surface area contributed by atoms with Crippen LogP contribution in [0.3, 0.4) is 0 Å². The van der Waals surface area contributed by atoms with Gasteiger partial charge < -0.3 is 0 Å². The van der Waals surface area contributed by atoms with Gasteiger partial charge in [-0.1, -0.05) is 6.92 Å². The van der Waals surface area contributed by atoms with Gasteiger partial charge in [-0.15, -0.1) is 0 Å². The lowest BCUT2D eigenvalue weighted by Crippen LogP contribution is -2.33. The Morgan fingerprint density at radius 3 is 2.77 bits per heavy atom. The number of rotatable bonds is 6. The number of pyridine rings is 1. The average Bonchev–Trinajstić information content (AvgIpc) is 3.28. The summed E-state index contributed by atoms with van der Waals surface area (Å²) in [4.78, 5) is 4.03. The molecule has 0 radical (unpaired) electrons. The minimum absolute atomic E-state index is 0.242. The zero-order valence-corrected chi connectivity index (χ0v) is 13.6. The Balaban J connectivity index is 2.02. The minimum Gasteiger partial charge on any atom is -0.264 e. The van der Waals surface area contributed by atoms with Crippen molar-refractivity contribution in [1.29, 1.82) is 0 Å². The molecule has 0 aromatic carbocycles. The van der Waals surface area contributed by atoms with Crippen molar-refractivity contribution in [3.8, 4) is 0 Å². The van der Waals surface area contributed by atoms with E-state index in [0.717, 1.165) is 25.0 Å². The highest BCUT2D eigenvalue weighted by molar-refractivity contribution is 7.92. The molecule has 2 heterocycles. The van der Waals surface area contributed by atoms with Crippen LogP contribution >= 0.6 is 0 Å². The molecule has 0 amide bonds. The molecule has 3 rings (SSSR count). The van der Waals surface area contributed by atoms with Crippen molar-refractivity contribution < 1.29 is 8.42 Å². The van der Waals surface area contributed by atoms with Crippen molar-refractivity contribution >= 4 is 15.7 Å². The fraction of sp³-hybridized carbons (Fsp3) is 0.467. The second kappa shape index (κ2) is 5.72. The Morgan fingerprint density at radius 2 is 2.18 bits per heavy atom. The summed E-state index contributed by atoms with van der Waals surface area (Å²) in [5.74, 6) is 0.424. The van der Waals surface area contributed by atoms with Crippen molar-refractivity contribution in [2.45, 2.75) is 37.1 Å². The van der Waals surface area contributed by atoms with Crippen LogP contribution in [0.25, 0.3) is 0 Å². The number of hydrogen-bond donors (Lipinski definition) is 0. The van der Waals surface area contributed by atoms with Crippen LogP contribution in [0.5, 0.6) is 0 Å². The summed E-state index contributed by atoms with van der Waals surface area (Å²) in [6, 6.07) is 5.22. The largest absolute Gasteiger partial charge is 0.281 e. The quantitative estimate of drug-likeness (QED) is 0.819. The molecule has 0 atom stereocenters. The Hall–Kier alpha value is -1.89. The van der Waals surface area contributed by atoms with E-state index in [9.17, 15) is 8.42 Å². The van der Waals surface area contributed by atoms with Crippen molar-refractivity contribution in [2.75, 3.05) is 10.8 Å². The molecule has 7 heteroatoms. The maximum Gasteiger partial charge on any atom is 0.281 e. The Morgan fingerprint density at radius 1 is 1.41 bits per heavy atom. The number of aromatic nitrogens is 3. The molecule has 118 valence electrons. The second-order valence-electron chi connectivity index (χ2n) is 5.59. The van der Waals surface area contributed by atoms with E-state index >= 15 is 0 Å². The lowest BCUT2D eigenvalue weighted by molar-refractivity contribution is 0.570. The van der Waals surface area contributed by atoms with E-state index in [0.29, 0.717) is 18.2 Å². The third kappa shape index (κ3) is 2.72. The molecule has 6 nitrogen and oxygen atoms in total. The molecule has 1 aliphatic rings. The van der Waals surface area contributed by atoms with Crippen LogP contribution in [0.4, 0.5) is 5.69 Å². The topological polar surface area (TPSA) is 68.1 Å². The van der Waals surface area contributed by atoms with Gasteiger partial charge in [-0.05, 0) is 31.4 Å². The summed E-state index contributed by atoms with van der Waals surface area (Å²) < 4.78 is 29.0. The van der Waals surface area contributed by atoms with Crippen molar-refractivity contribution in [3.05, 3.63) is 36.3 Å². The van der Waals surface area contributed by atoms with E-state index in [2.05, 4.69) is 10.1 Å². The van der Waals surface area contributed by atoms with Gasteiger partial charge in [0.1, 0.15) is 0 Å². The monoisotopic (exact) mass is 320 g/mol. The maximum atomic E-state index is 13.0. The van der Waals surface area contributed by atoms with E-state index in [1.165, 1.54) is 8.99 Å². The highest BCUT2D eigenvalue weighted by Crippen LogP contribution is 2.40. The zero-order chi connectivity index (χ0) is 15.7. The summed E-state index contributed by atoms with van der Waals surface area (Å²) in [6.07, 6.45) is 6.12. The van der Waals surface area contributed by atoms with Gasteiger partial charge in [-0.3, -0.25) is 14.0 Å². The fourth-order valence-corrected chi connectivity index (χ4v) is 4.18. The summed E-state index contributed by atoms with van der Waals surface area (Å²) >= 11 is 0. The molecule has 0 unspecified atom stereocenters. The van der Waals surface area contributed by atoms with Crippen molar-refractivity contribution in [3.63, 3.8) is 0 Å². The van der Waals surface area contributed by atoms with Gasteiger partial charge in [0.15, 0.2) is 5.03 Å². The predicted octanol–water partition coefficient (Wildman–Crippen LogP) is 2.30. The second-order valence-corrected chi connectivity index (χ2v) is 7.40. The van der Waals surface area contributed by atoms with Gasteiger partial charge >= 0.3 is 0 Å². The Labute approximate surface area is 130 Å². The van der Waals surface area contributed by atoms with Crippen molar-refractivity contribution in [1.82, 2.24) is 14.8 Å². The van der Waals surface area contributed by atoms with Crippen LogP contribution < -0.4 is 4.31 Å². The third-order valence-corrected chi connectivity index (χ3v) is 5.65. The number of anilines is 1. The van der Waals surface area contributed by atoms with Crippen LogP contribution in [0.2, 0.25) is 0 Å². The van der Waals surface area contributed by atoms with Crippen LogP contribution in [-0.4, -0.2) is 29.7 Å². The van der Waals surface area contributed by atoms with Crippen molar-refractivity contribution in [2.24, 2.45) is 7.05 Å². The first-order valence-corrected chi connectivity index (χ1v) is 8.94. The van der Waals surface area contributed by atoms with E-state index in [1.54, 1.807) is 37.6 Å². The molecular formula is C15H20N4O2S. The molecule has 0 spiro atoms. The molecule has 2 aromatic rings. The fourth-order valence-electron chi connectivity index (χ4n) is 2.50. The summed E-state index contributed by atoms with van der Waals surface area (Å²) in [5.41, 5.74) is 1.46. The lowest BCUT2D eigenvalue weighted by Gasteiger charge is -2.23. The van der Waals surface area contributed by atoms with Gasteiger partial charge in [0.25, 0.3) is 10.0 Å². The number of nitrogens with zero attached hydrogens (tertiary/aromatic N) is 4. The SMILES string of the molecule is CCCN(c1cccnc1)S(=O)(=O)c1cc(C2CC2)nn1C. The zero-order valence-electron chi connectivity index (χ0n) is 12.8. The molecule has 1 aliphatic carbocycles. The minimum atomic E-state index is -3.64. The summed E-state index contributed by atoms with van der Waals surface area (Å²) in [5, 5.41) is 4.61. The smallest absolute Gasteiger partial charge is 0.264 e. The van der Waals surface area contributed by atoms with E-state index in [-0.39, 0.29) is 5.03 Å². The summed E-state index contributed by atoms with van der Waals surface area (Å²) in [6.45, 7) is 2.37. The first kappa shape index (κ1) is 15.0. The molecule has 1 saturated carbocycles. The molecule has 0 bridgehead atoms.